The van der Waals surface area contributed by atoms with Gasteiger partial charge in [-0.2, -0.15) is 0 Å². The van der Waals surface area contributed by atoms with Crippen LogP contribution in [0.15, 0.2) is 0 Å². The van der Waals surface area contributed by atoms with Crippen LogP contribution in [0, 0.1) is 5.92 Å². The van der Waals surface area contributed by atoms with E-state index >= 15 is 0 Å². The van der Waals surface area contributed by atoms with E-state index in [1.54, 1.807) is 0 Å². The summed E-state index contributed by atoms with van der Waals surface area (Å²) in [5.74, 6) is -0.0360. The summed E-state index contributed by atoms with van der Waals surface area (Å²) >= 11 is 0. The lowest BCUT2D eigenvalue weighted by Gasteiger charge is -2.18. The minimum absolute atomic E-state index is 0.0645. The molecule has 0 aromatic carbocycles. The molecule has 1 atom stereocenters. The first-order valence-corrected chi connectivity index (χ1v) is 24.9. The van der Waals surface area contributed by atoms with Crippen molar-refractivity contribution in [3.8, 4) is 0 Å². The van der Waals surface area contributed by atoms with Crippen LogP contribution in [0.3, 0.4) is 0 Å². The Morgan fingerprint density at radius 3 is 0.875 bits per heavy atom. The zero-order valence-electron chi connectivity index (χ0n) is 38.1. The molecule has 0 heterocycles. The summed E-state index contributed by atoms with van der Waals surface area (Å²) in [7, 11) is 0. The zero-order chi connectivity index (χ0) is 41.0. The summed E-state index contributed by atoms with van der Waals surface area (Å²) in [6, 6.07) is 0. The molecule has 56 heavy (non-hydrogen) atoms. The largest absolute Gasteiger partial charge is 0.462 e. The Labute approximate surface area is 348 Å². The Hall–Kier alpha value is -1.59. The molecule has 0 aliphatic heterocycles. The molecule has 0 aliphatic rings. The molecule has 0 N–H and O–H groups in total. The van der Waals surface area contributed by atoms with Gasteiger partial charge in [0.2, 0.25) is 0 Å². The topological polar surface area (TPSA) is 78.9 Å². The maximum absolute atomic E-state index is 12.7. The van der Waals surface area contributed by atoms with E-state index in [2.05, 4.69) is 27.7 Å². The van der Waals surface area contributed by atoms with Crippen LogP contribution in [0.25, 0.3) is 0 Å². The molecule has 6 heteroatoms. The molecule has 0 aliphatic carbocycles. The van der Waals surface area contributed by atoms with E-state index in [4.69, 9.17) is 14.2 Å². The van der Waals surface area contributed by atoms with Gasteiger partial charge >= 0.3 is 17.9 Å². The first-order valence-electron chi connectivity index (χ1n) is 24.9. The lowest BCUT2D eigenvalue weighted by Crippen LogP contribution is -2.30. The van der Waals surface area contributed by atoms with E-state index in [1.807, 2.05) is 0 Å². The van der Waals surface area contributed by atoms with E-state index in [0.29, 0.717) is 19.3 Å². The number of esters is 3. The molecule has 0 fully saturated rings. The second kappa shape index (κ2) is 44.5. The molecule has 0 amide bonds. The monoisotopic (exact) mass is 793 g/mol. The number of carbonyl (C=O) groups excluding carboxylic acids is 3. The van der Waals surface area contributed by atoms with Crippen molar-refractivity contribution in [2.45, 2.75) is 284 Å². The second-order valence-electron chi connectivity index (χ2n) is 17.6. The number of rotatable bonds is 45. The van der Waals surface area contributed by atoms with Gasteiger partial charge in [-0.3, -0.25) is 14.4 Å². The lowest BCUT2D eigenvalue weighted by atomic mass is 10.0. The fourth-order valence-electron chi connectivity index (χ4n) is 7.51. The molecular formula is C50H96O6. The molecule has 6 nitrogen and oxygen atoms in total. The SMILES string of the molecule is CCCCCCCCCCCCCCCCCCCCCC(=O)O[C@@H](COC(=O)CCCCCCC)COC(=O)CCCCCCCCCCCCCC(C)C. The molecule has 0 radical (unpaired) electrons. The van der Waals surface area contributed by atoms with E-state index in [-0.39, 0.29) is 31.1 Å². The summed E-state index contributed by atoms with van der Waals surface area (Å²) in [4.78, 5) is 37.6. The molecular weight excluding hydrogens is 697 g/mol. The van der Waals surface area contributed by atoms with Crippen molar-refractivity contribution in [2.24, 2.45) is 5.92 Å². The molecule has 332 valence electrons. The van der Waals surface area contributed by atoms with Crippen LogP contribution in [0.1, 0.15) is 278 Å². The first kappa shape index (κ1) is 54.4. The van der Waals surface area contributed by atoms with Gasteiger partial charge in [-0.15, -0.1) is 0 Å². The molecule has 0 aromatic rings. The van der Waals surface area contributed by atoms with Crippen LogP contribution in [0.4, 0.5) is 0 Å². The highest BCUT2D eigenvalue weighted by Crippen LogP contribution is 2.17. The van der Waals surface area contributed by atoms with Gasteiger partial charge in [0, 0.05) is 19.3 Å². The summed E-state index contributed by atoms with van der Waals surface area (Å²) in [5.41, 5.74) is 0. The van der Waals surface area contributed by atoms with E-state index in [0.717, 1.165) is 70.1 Å². The quantitative estimate of drug-likeness (QED) is 0.0347. The minimum Gasteiger partial charge on any atom is -0.462 e. The Morgan fingerprint density at radius 1 is 0.339 bits per heavy atom. The first-order chi connectivity index (χ1) is 27.4. The Kier molecular flexibility index (Phi) is 43.2. The fourth-order valence-corrected chi connectivity index (χ4v) is 7.51. The van der Waals surface area contributed by atoms with Crippen LogP contribution >= 0.6 is 0 Å². The van der Waals surface area contributed by atoms with Crippen LogP contribution in [-0.4, -0.2) is 37.2 Å². The van der Waals surface area contributed by atoms with Gasteiger partial charge in [0.15, 0.2) is 6.10 Å². The minimum atomic E-state index is -0.758. The average Bonchev–Trinajstić information content (AvgIpc) is 3.18. The maximum Gasteiger partial charge on any atom is 0.306 e. The highest BCUT2D eigenvalue weighted by molar-refractivity contribution is 5.71. The molecule has 0 saturated carbocycles. The third-order valence-electron chi connectivity index (χ3n) is 11.3. The molecule has 0 spiro atoms. The standard InChI is InChI=1S/C50H96O6/c1-5-7-9-11-12-13-14-15-16-17-18-19-20-21-24-28-31-35-39-43-50(53)56-47(44-54-48(51)41-37-32-10-8-6-2)45-55-49(52)42-38-34-30-27-25-22-23-26-29-33-36-40-46(3)4/h46-47H,5-45H2,1-4H3/t47-/m0/s1. The van der Waals surface area contributed by atoms with Crippen LogP contribution in [-0.2, 0) is 28.6 Å². The zero-order valence-corrected chi connectivity index (χ0v) is 38.1. The predicted molar refractivity (Wildman–Crippen MR) is 238 cm³/mol. The predicted octanol–water partition coefficient (Wildman–Crippen LogP) is 15.9. The molecule has 0 saturated heterocycles. The average molecular weight is 793 g/mol. The van der Waals surface area contributed by atoms with Crippen molar-refractivity contribution in [1.29, 1.82) is 0 Å². The number of hydrogen-bond donors (Lipinski definition) is 0. The highest BCUT2D eigenvalue weighted by atomic mass is 16.6. The smallest absolute Gasteiger partial charge is 0.306 e. The third-order valence-corrected chi connectivity index (χ3v) is 11.3. The van der Waals surface area contributed by atoms with Gasteiger partial charge in [0.25, 0.3) is 0 Å². The number of unbranched alkanes of at least 4 members (excludes halogenated alkanes) is 32. The Balaban J connectivity index is 4.11. The van der Waals surface area contributed by atoms with Gasteiger partial charge in [0.05, 0.1) is 0 Å². The van der Waals surface area contributed by atoms with E-state index in [9.17, 15) is 14.4 Å². The summed E-state index contributed by atoms with van der Waals surface area (Å²) < 4.78 is 16.7. The molecule has 0 unspecified atom stereocenters. The van der Waals surface area contributed by atoms with Gasteiger partial charge in [0.1, 0.15) is 13.2 Å². The van der Waals surface area contributed by atoms with Crippen molar-refractivity contribution in [3.05, 3.63) is 0 Å². The molecule has 0 rings (SSSR count). The van der Waals surface area contributed by atoms with Crippen LogP contribution in [0.2, 0.25) is 0 Å². The van der Waals surface area contributed by atoms with Crippen molar-refractivity contribution in [2.75, 3.05) is 13.2 Å². The number of ether oxygens (including phenoxy) is 3. The summed E-state index contributed by atoms with van der Waals surface area (Å²) in [5, 5.41) is 0. The lowest BCUT2D eigenvalue weighted by molar-refractivity contribution is -0.167. The maximum atomic E-state index is 12.7. The van der Waals surface area contributed by atoms with E-state index in [1.165, 1.54) is 167 Å². The third kappa shape index (κ3) is 43.5. The second-order valence-corrected chi connectivity index (χ2v) is 17.6. The van der Waals surface area contributed by atoms with Gasteiger partial charge in [-0.05, 0) is 25.2 Å². The van der Waals surface area contributed by atoms with Crippen LogP contribution in [0.5, 0.6) is 0 Å². The normalized spacial score (nSPS) is 11.9. The van der Waals surface area contributed by atoms with E-state index < -0.39 is 6.10 Å². The fraction of sp³-hybridized carbons (Fsp3) is 0.940. The Morgan fingerprint density at radius 2 is 0.589 bits per heavy atom. The van der Waals surface area contributed by atoms with Gasteiger partial charge in [-0.1, -0.05) is 240 Å². The van der Waals surface area contributed by atoms with Crippen molar-refractivity contribution >= 4 is 17.9 Å². The number of carbonyl (C=O) groups is 3. The van der Waals surface area contributed by atoms with Crippen LogP contribution < -0.4 is 0 Å². The summed E-state index contributed by atoms with van der Waals surface area (Å²) in [6.45, 7) is 8.94. The highest BCUT2D eigenvalue weighted by Gasteiger charge is 2.19. The van der Waals surface area contributed by atoms with Crippen molar-refractivity contribution in [1.82, 2.24) is 0 Å². The van der Waals surface area contributed by atoms with Gasteiger partial charge in [-0.25, -0.2) is 0 Å². The molecule has 0 aromatic heterocycles. The van der Waals surface area contributed by atoms with Gasteiger partial charge < -0.3 is 14.2 Å². The molecule has 0 bridgehead atoms. The van der Waals surface area contributed by atoms with Crippen molar-refractivity contribution in [3.63, 3.8) is 0 Å². The Bertz CT molecular complexity index is 841. The summed E-state index contributed by atoms with van der Waals surface area (Å²) in [6.07, 6.45) is 45.5. The number of hydrogen-bond acceptors (Lipinski definition) is 6. The van der Waals surface area contributed by atoms with Crippen molar-refractivity contribution < 1.29 is 28.6 Å².